The molecular formula is C17H14O4. The zero-order chi connectivity index (χ0) is 15.4. The highest BCUT2D eigenvalue weighted by Gasteiger charge is 2.18. The van der Waals surface area contributed by atoms with Crippen LogP contribution in [-0.2, 0) is 0 Å². The van der Waals surface area contributed by atoms with Crippen LogP contribution in [0, 0.1) is 0 Å². The monoisotopic (exact) mass is 282 g/mol. The maximum absolute atomic E-state index is 12.1. The number of Topliss-reactive ketones (excluding diaryl/α,β-unsaturated/α-hetero) is 3. The Hall–Kier alpha value is -2.75. The van der Waals surface area contributed by atoms with Crippen molar-refractivity contribution >= 4 is 17.3 Å². The Morgan fingerprint density at radius 1 is 0.714 bits per heavy atom. The van der Waals surface area contributed by atoms with Gasteiger partial charge in [-0.2, -0.15) is 0 Å². The van der Waals surface area contributed by atoms with E-state index in [-0.39, 0.29) is 11.3 Å². The van der Waals surface area contributed by atoms with Crippen LogP contribution in [0.2, 0.25) is 0 Å². The fourth-order valence-corrected chi connectivity index (χ4v) is 1.86. The minimum Gasteiger partial charge on any atom is -0.497 e. The quantitative estimate of drug-likeness (QED) is 0.625. The number of rotatable bonds is 5. The molecule has 2 rings (SSSR count). The van der Waals surface area contributed by atoms with E-state index in [4.69, 9.17) is 4.74 Å². The van der Waals surface area contributed by atoms with Gasteiger partial charge in [-0.15, -0.1) is 0 Å². The highest BCUT2D eigenvalue weighted by atomic mass is 16.5. The molecular weight excluding hydrogens is 268 g/mol. The molecule has 0 fully saturated rings. The third kappa shape index (κ3) is 3.23. The molecule has 2 aromatic carbocycles. The number of ketones is 3. The third-order valence-corrected chi connectivity index (χ3v) is 3.11. The van der Waals surface area contributed by atoms with Gasteiger partial charge in [0.1, 0.15) is 5.75 Å². The Kier molecular flexibility index (Phi) is 4.28. The lowest BCUT2D eigenvalue weighted by atomic mass is 10.00. The van der Waals surface area contributed by atoms with Crippen molar-refractivity contribution in [2.45, 2.75) is 6.92 Å². The lowest BCUT2D eigenvalue weighted by Gasteiger charge is -2.03. The molecule has 0 heterocycles. The molecule has 106 valence electrons. The predicted octanol–water partition coefficient (Wildman–Crippen LogP) is 2.96. The zero-order valence-electron chi connectivity index (χ0n) is 11.8. The fraction of sp³-hybridized carbons (Fsp3) is 0.118. The van der Waals surface area contributed by atoms with E-state index in [1.54, 1.807) is 24.3 Å². The van der Waals surface area contributed by atoms with Gasteiger partial charge >= 0.3 is 0 Å². The van der Waals surface area contributed by atoms with Gasteiger partial charge in [-0.3, -0.25) is 14.4 Å². The van der Waals surface area contributed by atoms with Gasteiger partial charge in [0.15, 0.2) is 5.78 Å². The Labute approximate surface area is 122 Å². The summed E-state index contributed by atoms with van der Waals surface area (Å²) in [5.41, 5.74) is 1.07. The van der Waals surface area contributed by atoms with Crippen molar-refractivity contribution < 1.29 is 19.1 Å². The van der Waals surface area contributed by atoms with E-state index in [0.717, 1.165) is 0 Å². The number of ether oxygens (including phenoxy) is 1. The number of hydrogen-bond acceptors (Lipinski definition) is 4. The normalized spacial score (nSPS) is 10.0. The molecule has 0 bridgehead atoms. The summed E-state index contributed by atoms with van der Waals surface area (Å²) in [6.07, 6.45) is 0. The molecule has 21 heavy (non-hydrogen) atoms. The smallest absolute Gasteiger partial charge is 0.233 e. The maximum Gasteiger partial charge on any atom is 0.233 e. The Balaban J connectivity index is 2.21. The zero-order valence-corrected chi connectivity index (χ0v) is 11.8. The molecule has 2 aromatic rings. The molecule has 0 saturated carbocycles. The van der Waals surface area contributed by atoms with Crippen molar-refractivity contribution in [3.63, 3.8) is 0 Å². The van der Waals surface area contributed by atoms with E-state index in [9.17, 15) is 14.4 Å². The second-order valence-corrected chi connectivity index (χ2v) is 4.52. The number of hydrogen-bond donors (Lipinski definition) is 0. The first-order chi connectivity index (χ1) is 10.0. The molecule has 0 aliphatic rings. The van der Waals surface area contributed by atoms with Gasteiger partial charge in [-0.1, -0.05) is 24.3 Å². The first-order valence-corrected chi connectivity index (χ1v) is 6.37. The van der Waals surface area contributed by atoms with E-state index in [0.29, 0.717) is 16.9 Å². The first kappa shape index (κ1) is 14.7. The molecule has 0 aliphatic heterocycles. The van der Waals surface area contributed by atoms with Gasteiger partial charge in [0.25, 0.3) is 0 Å². The summed E-state index contributed by atoms with van der Waals surface area (Å²) >= 11 is 0. The Morgan fingerprint density at radius 3 is 1.48 bits per heavy atom. The minimum atomic E-state index is -0.602. The maximum atomic E-state index is 12.1. The van der Waals surface area contributed by atoms with Crippen molar-refractivity contribution in [2.24, 2.45) is 0 Å². The van der Waals surface area contributed by atoms with Crippen molar-refractivity contribution in [1.82, 2.24) is 0 Å². The Morgan fingerprint density at radius 2 is 1.10 bits per heavy atom. The van der Waals surface area contributed by atoms with Gasteiger partial charge < -0.3 is 4.74 Å². The van der Waals surface area contributed by atoms with Crippen molar-refractivity contribution in [3.05, 3.63) is 65.2 Å². The standard InChI is InChI=1S/C17H14O4/c1-11(18)12-3-5-13(6-4-12)16(19)17(20)14-7-9-15(21-2)10-8-14/h3-10H,1-2H3. The van der Waals surface area contributed by atoms with Crippen LogP contribution in [0.3, 0.4) is 0 Å². The number of carbonyl (C=O) groups is 3. The van der Waals surface area contributed by atoms with E-state index in [1.807, 2.05) is 0 Å². The average Bonchev–Trinajstić information content (AvgIpc) is 2.53. The molecule has 0 aromatic heterocycles. The van der Waals surface area contributed by atoms with Crippen LogP contribution in [-0.4, -0.2) is 24.5 Å². The van der Waals surface area contributed by atoms with Crippen LogP contribution in [0.15, 0.2) is 48.5 Å². The van der Waals surface area contributed by atoms with Gasteiger partial charge in [-0.25, -0.2) is 0 Å². The summed E-state index contributed by atoms with van der Waals surface area (Å²) in [6, 6.07) is 12.4. The largest absolute Gasteiger partial charge is 0.497 e. The van der Waals surface area contributed by atoms with Crippen molar-refractivity contribution in [3.8, 4) is 5.75 Å². The van der Waals surface area contributed by atoms with E-state index in [1.165, 1.54) is 38.3 Å². The first-order valence-electron chi connectivity index (χ1n) is 6.37. The summed E-state index contributed by atoms with van der Waals surface area (Å²) in [4.78, 5) is 35.4. The molecule has 4 heteroatoms. The van der Waals surface area contributed by atoms with Crippen LogP contribution in [0.25, 0.3) is 0 Å². The number of methoxy groups -OCH3 is 1. The minimum absolute atomic E-state index is 0.0875. The number of benzene rings is 2. The van der Waals surface area contributed by atoms with Crippen LogP contribution < -0.4 is 4.74 Å². The van der Waals surface area contributed by atoms with Crippen LogP contribution >= 0.6 is 0 Å². The second kappa shape index (κ2) is 6.13. The summed E-state index contributed by atoms with van der Waals surface area (Å²) in [6.45, 7) is 1.44. The fourth-order valence-electron chi connectivity index (χ4n) is 1.86. The summed E-state index contributed by atoms with van der Waals surface area (Å²) in [5, 5.41) is 0. The molecule has 0 radical (unpaired) electrons. The highest BCUT2D eigenvalue weighted by molar-refractivity contribution is 6.49. The van der Waals surface area contributed by atoms with Gasteiger partial charge in [0.2, 0.25) is 11.6 Å². The lowest BCUT2D eigenvalue weighted by molar-refractivity contribution is 0.0817. The van der Waals surface area contributed by atoms with Gasteiger partial charge in [0, 0.05) is 16.7 Å². The molecule has 0 atom stereocenters. The van der Waals surface area contributed by atoms with E-state index >= 15 is 0 Å². The Bertz CT molecular complexity index is 682. The van der Waals surface area contributed by atoms with Crippen molar-refractivity contribution in [1.29, 1.82) is 0 Å². The lowest BCUT2D eigenvalue weighted by Crippen LogP contribution is -2.14. The van der Waals surface area contributed by atoms with E-state index in [2.05, 4.69) is 0 Å². The summed E-state index contributed by atoms with van der Waals surface area (Å²) in [5.74, 6) is -0.663. The van der Waals surface area contributed by atoms with Crippen molar-refractivity contribution in [2.75, 3.05) is 7.11 Å². The second-order valence-electron chi connectivity index (χ2n) is 4.52. The number of carbonyl (C=O) groups excluding carboxylic acids is 3. The average molecular weight is 282 g/mol. The van der Waals surface area contributed by atoms with Gasteiger partial charge in [-0.05, 0) is 31.2 Å². The molecule has 0 amide bonds. The molecule has 0 N–H and O–H groups in total. The van der Waals surface area contributed by atoms with E-state index < -0.39 is 11.6 Å². The molecule has 0 aliphatic carbocycles. The van der Waals surface area contributed by atoms with Crippen LogP contribution in [0.4, 0.5) is 0 Å². The molecule has 0 saturated heterocycles. The van der Waals surface area contributed by atoms with Crippen LogP contribution in [0.5, 0.6) is 5.75 Å². The summed E-state index contributed by atoms with van der Waals surface area (Å²) in [7, 11) is 1.53. The molecule has 0 unspecified atom stereocenters. The molecule has 4 nitrogen and oxygen atoms in total. The van der Waals surface area contributed by atoms with Crippen LogP contribution in [0.1, 0.15) is 38.0 Å². The predicted molar refractivity (Wildman–Crippen MR) is 78.1 cm³/mol. The summed E-state index contributed by atoms with van der Waals surface area (Å²) < 4.78 is 5.00. The van der Waals surface area contributed by atoms with Gasteiger partial charge in [0.05, 0.1) is 7.11 Å². The highest BCUT2D eigenvalue weighted by Crippen LogP contribution is 2.14. The third-order valence-electron chi connectivity index (χ3n) is 3.11. The topological polar surface area (TPSA) is 60.4 Å². The SMILES string of the molecule is COc1ccc(C(=O)C(=O)c2ccc(C(C)=O)cc2)cc1. The molecule has 0 spiro atoms.